The molecule has 4 saturated carbocycles. The monoisotopic (exact) mass is 465 g/mol. The van der Waals surface area contributed by atoms with Gasteiger partial charge in [0.15, 0.2) is 0 Å². The van der Waals surface area contributed by atoms with Gasteiger partial charge in [-0.25, -0.2) is 0 Å². The number of halogens is 1. The molecule has 2 amide bonds. The number of hydrogen-bond acceptors (Lipinski definition) is 5. The third-order valence-corrected chi connectivity index (χ3v) is 9.26. The molecule has 8 heteroatoms. The molecule has 7 nitrogen and oxygen atoms in total. The summed E-state index contributed by atoms with van der Waals surface area (Å²) in [4.78, 5) is 24.3. The maximum absolute atomic E-state index is 12.4. The topological polar surface area (TPSA) is 122 Å². The lowest BCUT2D eigenvalue weighted by Crippen LogP contribution is -2.88. The highest BCUT2D eigenvalue weighted by molar-refractivity contribution is 9.12. The number of hydrogen-bond donors (Lipinski definition) is 5. The molecule has 4 aliphatic rings. The quantitative estimate of drug-likeness (QED) is 0.257. The molecule has 1 spiro atoms. The number of amides is 2. The summed E-state index contributed by atoms with van der Waals surface area (Å²) in [6, 6.07) is 0.247. The number of nitrogens with one attached hydrogen (secondary N) is 3. The number of carbonyl (C=O) groups is 2. The molecular formula is C21H32BrN5O2. The van der Waals surface area contributed by atoms with E-state index in [0.717, 1.165) is 23.3 Å². The minimum absolute atomic E-state index is 0.115. The minimum Gasteiger partial charge on any atom is -0.384 e. The molecule has 0 saturated heterocycles. The first-order valence-corrected chi connectivity index (χ1v) is 11.4. The molecule has 3 atom stereocenters. The van der Waals surface area contributed by atoms with Gasteiger partial charge in [0.2, 0.25) is 5.91 Å². The van der Waals surface area contributed by atoms with Gasteiger partial charge in [-0.05, 0) is 89.6 Å². The second-order valence-corrected chi connectivity index (χ2v) is 10.1. The molecule has 29 heavy (non-hydrogen) atoms. The van der Waals surface area contributed by atoms with Crippen LogP contribution in [0.4, 0.5) is 0 Å². The Kier molecular flexibility index (Phi) is 5.22. The SMILES string of the molecule is C/C=C(\CN)CNC(=O)CNC(=O)/C(Br)=C(\N)NC(C)C12CC3CC4CC(C1)C432. The van der Waals surface area contributed by atoms with Gasteiger partial charge in [-0.2, -0.15) is 0 Å². The van der Waals surface area contributed by atoms with Gasteiger partial charge in [0.25, 0.3) is 5.91 Å². The first-order chi connectivity index (χ1) is 13.8. The van der Waals surface area contributed by atoms with E-state index in [4.69, 9.17) is 11.5 Å². The van der Waals surface area contributed by atoms with Crippen molar-refractivity contribution in [3.05, 3.63) is 22.0 Å². The van der Waals surface area contributed by atoms with Gasteiger partial charge in [0, 0.05) is 19.1 Å². The summed E-state index contributed by atoms with van der Waals surface area (Å²) in [5.74, 6) is 2.46. The van der Waals surface area contributed by atoms with Crippen LogP contribution in [-0.4, -0.2) is 37.5 Å². The van der Waals surface area contributed by atoms with Crippen molar-refractivity contribution in [2.75, 3.05) is 19.6 Å². The average molecular weight is 466 g/mol. The van der Waals surface area contributed by atoms with Crippen molar-refractivity contribution >= 4 is 27.7 Å². The summed E-state index contributed by atoms with van der Waals surface area (Å²) < 4.78 is 0.243. The number of allylic oxidation sites excluding steroid dienone is 1. The van der Waals surface area contributed by atoms with E-state index < -0.39 is 5.91 Å². The van der Waals surface area contributed by atoms with Gasteiger partial charge in [-0.15, -0.1) is 0 Å². The highest BCUT2D eigenvalue weighted by Crippen LogP contribution is 2.93. The van der Waals surface area contributed by atoms with Crippen molar-refractivity contribution in [1.82, 2.24) is 16.0 Å². The highest BCUT2D eigenvalue weighted by Gasteiger charge is 2.88. The molecule has 4 fully saturated rings. The van der Waals surface area contributed by atoms with E-state index >= 15 is 0 Å². The Balaban J connectivity index is 1.26. The fourth-order valence-electron chi connectivity index (χ4n) is 7.11. The second-order valence-electron chi connectivity index (χ2n) is 9.26. The summed E-state index contributed by atoms with van der Waals surface area (Å²) in [6.45, 7) is 4.73. The van der Waals surface area contributed by atoms with E-state index in [0.29, 0.717) is 29.7 Å². The molecule has 0 aliphatic heterocycles. The first-order valence-electron chi connectivity index (χ1n) is 10.6. The third kappa shape index (κ3) is 2.78. The lowest BCUT2D eigenvalue weighted by Gasteiger charge is -2.92. The van der Waals surface area contributed by atoms with Gasteiger partial charge in [0.1, 0.15) is 10.3 Å². The van der Waals surface area contributed by atoms with Gasteiger partial charge in [-0.1, -0.05) is 6.08 Å². The van der Waals surface area contributed by atoms with Crippen LogP contribution >= 0.6 is 15.9 Å². The standard InChI is InChI=1S/C21H32BrN5O2/c1-3-12(8-23)9-25-16(28)10-26-19(29)17(22)18(24)27-11(2)20-6-14-4-13-5-15(7-20)21(13,14)20/h3,11,13-15,27H,4-10,23-24H2,1-2H3,(H,25,28)(H,26,29)/b12-3+,18-17-. The average Bonchev–Trinajstić information content (AvgIpc) is 2.63. The van der Waals surface area contributed by atoms with Crippen LogP contribution in [0.5, 0.6) is 0 Å². The summed E-state index contributed by atoms with van der Waals surface area (Å²) in [6.07, 6.45) is 7.30. The van der Waals surface area contributed by atoms with Gasteiger partial charge in [0.05, 0.1) is 6.54 Å². The molecule has 7 N–H and O–H groups in total. The molecule has 4 aliphatic carbocycles. The van der Waals surface area contributed by atoms with Gasteiger partial charge >= 0.3 is 0 Å². The molecule has 0 aromatic rings. The van der Waals surface area contributed by atoms with Crippen LogP contribution in [0, 0.1) is 28.6 Å². The van der Waals surface area contributed by atoms with Crippen molar-refractivity contribution in [3.63, 3.8) is 0 Å². The Morgan fingerprint density at radius 1 is 1.17 bits per heavy atom. The lowest BCUT2D eigenvalue weighted by atomic mass is 9.12. The van der Waals surface area contributed by atoms with E-state index in [1.807, 2.05) is 13.0 Å². The normalized spacial score (nSPS) is 37.8. The van der Waals surface area contributed by atoms with Crippen LogP contribution in [0.25, 0.3) is 0 Å². The Morgan fingerprint density at radius 3 is 2.34 bits per heavy atom. The van der Waals surface area contributed by atoms with Crippen molar-refractivity contribution in [1.29, 1.82) is 0 Å². The van der Waals surface area contributed by atoms with Crippen LogP contribution in [0.1, 0.15) is 39.5 Å². The molecule has 0 radical (unpaired) electrons. The molecule has 0 bridgehead atoms. The molecule has 0 heterocycles. The second kappa shape index (κ2) is 7.30. The molecule has 3 unspecified atom stereocenters. The van der Waals surface area contributed by atoms with Crippen molar-refractivity contribution in [2.45, 2.75) is 45.6 Å². The fraction of sp³-hybridized carbons (Fsp3) is 0.714. The van der Waals surface area contributed by atoms with Gasteiger partial charge < -0.3 is 27.4 Å². The van der Waals surface area contributed by atoms with Crippen LogP contribution in [0.2, 0.25) is 0 Å². The molecule has 0 aromatic heterocycles. The summed E-state index contributed by atoms with van der Waals surface area (Å²) in [7, 11) is 0. The van der Waals surface area contributed by atoms with Crippen LogP contribution in [0.3, 0.4) is 0 Å². The zero-order valence-corrected chi connectivity index (χ0v) is 18.8. The summed E-state index contributed by atoms with van der Waals surface area (Å²) in [5.41, 5.74) is 13.7. The zero-order valence-electron chi connectivity index (χ0n) is 17.2. The van der Waals surface area contributed by atoms with Crippen molar-refractivity contribution < 1.29 is 9.59 Å². The molecule has 0 aromatic carbocycles. The smallest absolute Gasteiger partial charge is 0.262 e. The minimum atomic E-state index is -0.402. The van der Waals surface area contributed by atoms with E-state index in [-0.39, 0.29) is 23.0 Å². The Morgan fingerprint density at radius 2 is 1.83 bits per heavy atom. The van der Waals surface area contributed by atoms with Gasteiger partial charge in [-0.3, -0.25) is 9.59 Å². The summed E-state index contributed by atoms with van der Waals surface area (Å²) >= 11 is 3.29. The predicted molar refractivity (Wildman–Crippen MR) is 115 cm³/mol. The van der Waals surface area contributed by atoms with Crippen molar-refractivity contribution in [3.8, 4) is 0 Å². The molecular weight excluding hydrogens is 434 g/mol. The largest absolute Gasteiger partial charge is 0.384 e. The number of rotatable bonds is 9. The predicted octanol–water partition coefficient (Wildman–Crippen LogP) is 1.06. The third-order valence-electron chi connectivity index (χ3n) is 8.48. The van der Waals surface area contributed by atoms with Crippen LogP contribution < -0.4 is 27.4 Å². The van der Waals surface area contributed by atoms with Crippen molar-refractivity contribution in [2.24, 2.45) is 40.1 Å². The highest BCUT2D eigenvalue weighted by atomic mass is 79.9. The number of nitrogens with two attached hydrogens (primary N) is 2. The number of carbonyl (C=O) groups excluding carboxylic acids is 2. The van der Waals surface area contributed by atoms with E-state index in [1.54, 1.807) is 0 Å². The Bertz CT molecular complexity index is 766. The van der Waals surface area contributed by atoms with Crippen LogP contribution in [-0.2, 0) is 9.59 Å². The lowest BCUT2D eigenvalue weighted by molar-refractivity contribution is -0.437. The molecule has 4 rings (SSSR count). The Hall–Kier alpha value is -1.54. The van der Waals surface area contributed by atoms with E-state index in [9.17, 15) is 9.59 Å². The maximum Gasteiger partial charge on any atom is 0.262 e. The fourth-order valence-corrected chi connectivity index (χ4v) is 7.37. The summed E-state index contributed by atoms with van der Waals surface area (Å²) in [5, 5.41) is 8.71. The molecule has 160 valence electrons. The van der Waals surface area contributed by atoms with E-state index in [2.05, 4.69) is 38.8 Å². The zero-order chi connectivity index (χ0) is 21.0. The maximum atomic E-state index is 12.4. The van der Waals surface area contributed by atoms with Crippen LogP contribution in [0.15, 0.2) is 22.0 Å². The first kappa shape index (κ1) is 20.7. The van der Waals surface area contributed by atoms with E-state index in [1.165, 1.54) is 25.7 Å². The Labute approximate surface area is 180 Å².